The first-order chi connectivity index (χ1) is 8.24. The lowest BCUT2D eigenvalue weighted by molar-refractivity contribution is 0.359. The summed E-state index contributed by atoms with van der Waals surface area (Å²) < 4.78 is 4.32. The topological polar surface area (TPSA) is 50.9 Å². The van der Waals surface area contributed by atoms with Gasteiger partial charge in [-0.1, -0.05) is 19.8 Å². The third kappa shape index (κ3) is 2.41. The van der Waals surface area contributed by atoms with Crippen LogP contribution in [0.2, 0.25) is 0 Å². The summed E-state index contributed by atoms with van der Waals surface area (Å²) in [5.41, 5.74) is 7.29. The van der Waals surface area contributed by atoms with Gasteiger partial charge in [-0.3, -0.25) is 0 Å². The Balaban J connectivity index is 1.71. The van der Waals surface area contributed by atoms with Crippen LogP contribution >= 0.6 is 11.5 Å². The van der Waals surface area contributed by atoms with Crippen molar-refractivity contribution in [3.8, 4) is 0 Å². The average Bonchev–Trinajstić information content (AvgIpc) is 3.05. The van der Waals surface area contributed by atoms with Crippen LogP contribution in [0.1, 0.15) is 56.9 Å². The van der Waals surface area contributed by atoms with Gasteiger partial charge in [0, 0.05) is 11.6 Å². The molecule has 1 heterocycles. The maximum absolute atomic E-state index is 5.97. The first-order valence-electron chi connectivity index (χ1n) is 6.75. The molecule has 2 unspecified atom stereocenters. The largest absolute Gasteiger partial charge is 0.383 e. The molecule has 3 N–H and O–H groups in total. The van der Waals surface area contributed by atoms with E-state index in [0.29, 0.717) is 12.0 Å². The highest BCUT2D eigenvalue weighted by Gasteiger charge is 2.31. The van der Waals surface area contributed by atoms with Gasteiger partial charge in [-0.2, -0.15) is 4.37 Å². The zero-order chi connectivity index (χ0) is 11.8. The Morgan fingerprint density at radius 2 is 2.12 bits per heavy atom. The number of aromatic nitrogens is 1. The number of hydrogen-bond donors (Lipinski definition) is 2. The average molecular weight is 251 g/mol. The molecule has 0 aliphatic heterocycles. The fourth-order valence-electron chi connectivity index (χ4n) is 2.93. The van der Waals surface area contributed by atoms with E-state index in [0.717, 1.165) is 11.7 Å². The van der Waals surface area contributed by atoms with Crippen molar-refractivity contribution in [1.29, 1.82) is 0 Å². The highest BCUT2D eigenvalue weighted by Crippen LogP contribution is 2.48. The van der Waals surface area contributed by atoms with Gasteiger partial charge >= 0.3 is 0 Å². The molecule has 2 aliphatic carbocycles. The molecule has 0 amide bonds. The Kier molecular flexibility index (Phi) is 2.99. The van der Waals surface area contributed by atoms with Gasteiger partial charge in [0.1, 0.15) is 10.8 Å². The van der Waals surface area contributed by atoms with Crippen molar-refractivity contribution in [2.75, 3.05) is 11.1 Å². The summed E-state index contributed by atoms with van der Waals surface area (Å²) in [6, 6.07) is 0.635. The number of nitrogens with one attached hydrogen (secondary N) is 1. The first kappa shape index (κ1) is 11.3. The predicted octanol–water partition coefficient (Wildman–Crippen LogP) is 3.59. The Morgan fingerprint density at radius 3 is 2.82 bits per heavy atom. The van der Waals surface area contributed by atoms with E-state index in [1.54, 1.807) is 11.5 Å². The van der Waals surface area contributed by atoms with E-state index < -0.39 is 0 Å². The summed E-state index contributed by atoms with van der Waals surface area (Å²) in [6.45, 7) is 2.36. The molecule has 3 rings (SSSR count). The van der Waals surface area contributed by atoms with Gasteiger partial charge in [0.05, 0.1) is 0 Å². The van der Waals surface area contributed by atoms with Gasteiger partial charge < -0.3 is 11.1 Å². The van der Waals surface area contributed by atoms with Crippen LogP contribution in [-0.2, 0) is 0 Å². The molecule has 17 heavy (non-hydrogen) atoms. The summed E-state index contributed by atoms with van der Waals surface area (Å²) in [6.07, 6.45) is 7.91. The highest BCUT2D eigenvalue weighted by atomic mass is 32.1. The second kappa shape index (κ2) is 4.48. The second-order valence-corrected chi connectivity index (χ2v) is 6.47. The van der Waals surface area contributed by atoms with E-state index in [2.05, 4.69) is 16.6 Å². The molecule has 0 radical (unpaired) electrons. The Morgan fingerprint density at radius 1 is 1.29 bits per heavy atom. The van der Waals surface area contributed by atoms with Gasteiger partial charge in [-0.15, -0.1) is 0 Å². The molecule has 2 aliphatic rings. The molecule has 0 bridgehead atoms. The minimum atomic E-state index is 0.635. The Bertz CT molecular complexity index is 397. The van der Waals surface area contributed by atoms with Gasteiger partial charge in [0.25, 0.3) is 0 Å². The standard InChI is InChI=1S/C13H21N3S/c1-8-3-2-4-10(7-8)15-13-11(9-5-6-9)12(14)16-17-13/h8-10,15H,2-7H2,1H3,(H2,14,16). The summed E-state index contributed by atoms with van der Waals surface area (Å²) in [4.78, 5) is 0. The second-order valence-electron chi connectivity index (χ2n) is 5.70. The zero-order valence-corrected chi connectivity index (χ0v) is 11.2. The van der Waals surface area contributed by atoms with Crippen molar-refractivity contribution in [2.45, 2.75) is 57.4 Å². The molecule has 3 nitrogen and oxygen atoms in total. The van der Waals surface area contributed by atoms with Crippen molar-refractivity contribution < 1.29 is 0 Å². The molecule has 4 heteroatoms. The van der Waals surface area contributed by atoms with Crippen LogP contribution in [0.3, 0.4) is 0 Å². The lowest BCUT2D eigenvalue weighted by atomic mass is 9.87. The number of nitrogens with zero attached hydrogens (tertiary/aromatic N) is 1. The fraction of sp³-hybridized carbons (Fsp3) is 0.769. The molecular formula is C13H21N3S. The molecule has 94 valence electrons. The van der Waals surface area contributed by atoms with Gasteiger partial charge in [0.2, 0.25) is 0 Å². The van der Waals surface area contributed by atoms with Crippen molar-refractivity contribution in [3.05, 3.63) is 5.56 Å². The summed E-state index contributed by atoms with van der Waals surface area (Å²) in [5, 5.41) is 4.95. The van der Waals surface area contributed by atoms with Crippen LogP contribution in [0.25, 0.3) is 0 Å². The maximum Gasteiger partial charge on any atom is 0.142 e. The number of nitrogen functional groups attached to an aromatic ring is 1. The maximum atomic E-state index is 5.97. The molecule has 1 aromatic rings. The lowest BCUT2D eigenvalue weighted by Crippen LogP contribution is -2.26. The monoisotopic (exact) mass is 251 g/mol. The molecule has 0 aromatic carbocycles. The third-order valence-electron chi connectivity index (χ3n) is 4.01. The summed E-state index contributed by atoms with van der Waals surface area (Å²) in [5.74, 6) is 2.32. The van der Waals surface area contributed by atoms with Crippen LogP contribution < -0.4 is 11.1 Å². The van der Waals surface area contributed by atoms with Gasteiger partial charge in [-0.05, 0) is 49.1 Å². The summed E-state index contributed by atoms with van der Waals surface area (Å²) in [7, 11) is 0. The SMILES string of the molecule is CC1CCCC(Nc2snc(N)c2C2CC2)C1. The van der Waals surface area contributed by atoms with Crippen molar-refractivity contribution in [2.24, 2.45) is 5.92 Å². The predicted molar refractivity (Wildman–Crippen MR) is 73.5 cm³/mol. The van der Waals surface area contributed by atoms with Crippen molar-refractivity contribution >= 4 is 22.4 Å². The summed E-state index contributed by atoms with van der Waals surface area (Å²) >= 11 is 1.55. The van der Waals surface area contributed by atoms with Crippen LogP contribution in [0.5, 0.6) is 0 Å². The number of hydrogen-bond acceptors (Lipinski definition) is 4. The number of nitrogens with two attached hydrogens (primary N) is 1. The Hall–Kier alpha value is -0.770. The molecule has 1 aromatic heterocycles. The Labute approximate surface area is 107 Å². The van der Waals surface area contributed by atoms with E-state index >= 15 is 0 Å². The first-order valence-corrected chi connectivity index (χ1v) is 7.53. The zero-order valence-electron chi connectivity index (χ0n) is 10.4. The smallest absolute Gasteiger partial charge is 0.142 e. The normalized spacial score (nSPS) is 29.2. The van der Waals surface area contributed by atoms with Crippen LogP contribution in [0.15, 0.2) is 0 Å². The van der Waals surface area contributed by atoms with E-state index in [9.17, 15) is 0 Å². The van der Waals surface area contributed by atoms with Gasteiger partial charge in [-0.25, -0.2) is 0 Å². The van der Waals surface area contributed by atoms with Crippen LogP contribution in [0.4, 0.5) is 10.8 Å². The van der Waals surface area contributed by atoms with Crippen molar-refractivity contribution in [1.82, 2.24) is 4.37 Å². The molecule has 2 saturated carbocycles. The van der Waals surface area contributed by atoms with Gasteiger partial charge in [0.15, 0.2) is 0 Å². The molecule has 0 saturated heterocycles. The van der Waals surface area contributed by atoms with Crippen LogP contribution in [-0.4, -0.2) is 10.4 Å². The van der Waals surface area contributed by atoms with Crippen LogP contribution in [0, 0.1) is 5.92 Å². The number of anilines is 2. The highest BCUT2D eigenvalue weighted by molar-refractivity contribution is 7.10. The third-order valence-corrected chi connectivity index (χ3v) is 4.82. The molecular weight excluding hydrogens is 230 g/mol. The van der Waals surface area contributed by atoms with Crippen molar-refractivity contribution in [3.63, 3.8) is 0 Å². The molecule has 2 fully saturated rings. The minimum Gasteiger partial charge on any atom is -0.383 e. The van der Waals surface area contributed by atoms with E-state index in [4.69, 9.17) is 5.73 Å². The lowest BCUT2D eigenvalue weighted by Gasteiger charge is -2.28. The fourth-order valence-corrected chi connectivity index (χ4v) is 3.81. The van der Waals surface area contributed by atoms with E-state index in [-0.39, 0.29) is 0 Å². The molecule has 0 spiro atoms. The molecule has 2 atom stereocenters. The minimum absolute atomic E-state index is 0.635. The number of rotatable bonds is 3. The van der Waals surface area contributed by atoms with E-state index in [1.807, 2.05) is 0 Å². The van der Waals surface area contributed by atoms with E-state index in [1.165, 1.54) is 49.1 Å². The quantitative estimate of drug-likeness (QED) is 0.863.